The van der Waals surface area contributed by atoms with E-state index in [0.29, 0.717) is 10.6 Å². The first kappa shape index (κ1) is 14.0. The fraction of sp³-hybridized carbons (Fsp3) is 0.571. The van der Waals surface area contributed by atoms with Crippen LogP contribution in [0.1, 0.15) is 25.3 Å². The van der Waals surface area contributed by atoms with Gasteiger partial charge in [0, 0.05) is 19.7 Å². The summed E-state index contributed by atoms with van der Waals surface area (Å²) in [6.45, 7) is 5.64. The van der Waals surface area contributed by atoms with Crippen molar-refractivity contribution >= 4 is 15.9 Å². The highest BCUT2D eigenvalue weighted by Crippen LogP contribution is 2.22. The van der Waals surface area contributed by atoms with Gasteiger partial charge in [-0.3, -0.25) is 4.90 Å². The third-order valence-corrected chi connectivity index (χ3v) is 4.25. The van der Waals surface area contributed by atoms with E-state index in [0.717, 1.165) is 44.6 Å². The molecule has 0 bridgehead atoms. The second-order valence-electron chi connectivity index (χ2n) is 4.68. The van der Waals surface area contributed by atoms with Gasteiger partial charge in [-0.1, -0.05) is 19.1 Å². The molecular formula is C14H19BrFNO. The van der Waals surface area contributed by atoms with Crippen molar-refractivity contribution in [2.45, 2.75) is 32.4 Å². The van der Waals surface area contributed by atoms with E-state index in [2.05, 4.69) is 27.8 Å². The van der Waals surface area contributed by atoms with Crippen LogP contribution in [-0.4, -0.2) is 30.7 Å². The van der Waals surface area contributed by atoms with Crippen molar-refractivity contribution in [3.8, 4) is 0 Å². The smallest absolute Gasteiger partial charge is 0.137 e. The molecular weight excluding hydrogens is 297 g/mol. The van der Waals surface area contributed by atoms with Crippen molar-refractivity contribution in [1.29, 1.82) is 0 Å². The monoisotopic (exact) mass is 315 g/mol. The Morgan fingerprint density at radius 3 is 3.00 bits per heavy atom. The van der Waals surface area contributed by atoms with Crippen LogP contribution >= 0.6 is 15.9 Å². The number of ether oxygens (including phenoxy) is 1. The lowest BCUT2D eigenvalue weighted by molar-refractivity contribution is 0.0724. The summed E-state index contributed by atoms with van der Waals surface area (Å²) in [6, 6.07) is 5.20. The normalized spacial score (nSPS) is 19.7. The second-order valence-corrected chi connectivity index (χ2v) is 5.47. The number of benzene rings is 1. The van der Waals surface area contributed by atoms with E-state index in [-0.39, 0.29) is 5.82 Å². The molecule has 2 rings (SSSR count). The van der Waals surface area contributed by atoms with E-state index >= 15 is 0 Å². The van der Waals surface area contributed by atoms with E-state index in [1.165, 1.54) is 6.07 Å². The van der Waals surface area contributed by atoms with Crippen LogP contribution in [0.3, 0.4) is 0 Å². The van der Waals surface area contributed by atoms with E-state index in [1.807, 2.05) is 6.07 Å². The van der Waals surface area contributed by atoms with Crippen LogP contribution in [-0.2, 0) is 11.3 Å². The summed E-state index contributed by atoms with van der Waals surface area (Å²) >= 11 is 3.32. The molecule has 1 fully saturated rings. The summed E-state index contributed by atoms with van der Waals surface area (Å²) in [5.41, 5.74) is 0.995. The van der Waals surface area contributed by atoms with Gasteiger partial charge in [-0.05, 0) is 46.9 Å². The maximum Gasteiger partial charge on any atom is 0.137 e. The molecule has 0 spiro atoms. The lowest BCUT2D eigenvalue weighted by Gasteiger charge is -2.24. The molecule has 1 aliphatic heterocycles. The van der Waals surface area contributed by atoms with Crippen molar-refractivity contribution in [3.05, 3.63) is 34.1 Å². The van der Waals surface area contributed by atoms with Crippen LogP contribution in [0.2, 0.25) is 0 Å². The van der Waals surface area contributed by atoms with Gasteiger partial charge in [0.25, 0.3) is 0 Å². The molecule has 1 heterocycles. The number of nitrogens with zero attached hydrogens (tertiary/aromatic N) is 1. The fourth-order valence-corrected chi connectivity index (χ4v) is 2.68. The maximum atomic E-state index is 13.4. The average molecular weight is 316 g/mol. The van der Waals surface area contributed by atoms with Crippen LogP contribution in [0.5, 0.6) is 0 Å². The van der Waals surface area contributed by atoms with Gasteiger partial charge in [0.05, 0.1) is 10.6 Å². The highest BCUT2D eigenvalue weighted by molar-refractivity contribution is 9.10. The Morgan fingerprint density at radius 1 is 1.50 bits per heavy atom. The molecule has 4 heteroatoms. The first-order valence-electron chi connectivity index (χ1n) is 6.47. The molecule has 1 aromatic rings. The summed E-state index contributed by atoms with van der Waals surface area (Å²) in [5.74, 6) is -0.194. The number of hydrogen-bond donors (Lipinski definition) is 0. The van der Waals surface area contributed by atoms with E-state index in [9.17, 15) is 4.39 Å². The third kappa shape index (κ3) is 3.53. The average Bonchev–Trinajstić information content (AvgIpc) is 2.86. The molecule has 0 aromatic heterocycles. The third-order valence-electron chi connectivity index (χ3n) is 3.36. The quantitative estimate of drug-likeness (QED) is 0.823. The van der Waals surface area contributed by atoms with Crippen molar-refractivity contribution < 1.29 is 9.13 Å². The van der Waals surface area contributed by atoms with Gasteiger partial charge in [-0.25, -0.2) is 4.39 Å². The first-order valence-corrected chi connectivity index (χ1v) is 7.27. The van der Waals surface area contributed by atoms with Crippen LogP contribution in [0.4, 0.5) is 4.39 Å². The van der Waals surface area contributed by atoms with Gasteiger partial charge in [-0.15, -0.1) is 0 Å². The van der Waals surface area contributed by atoms with Gasteiger partial charge in [0.1, 0.15) is 5.82 Å². The lowest BCUT2D eigenvalue weighted by Crippen LogP contribution is -2.31. The molecule has 2 nitrogen and oxygen atoms in total. The van der Waals surface area contributed by atoms with Crippen molar-refractivity contribution in [3.63, 3.8) is 0 Å². The molecule has 0 saturated carbocycles. The lowest BCUT2D eigenvalue weighted by atomic mass is 10.2. The first-order chi connectivity index (χ1) is 8.70. The summed E-state index contributed by atoms with van der Waals surface area (Å²) in [4.78, 5) is 2.30. The van der Waals surface area contributed by atoms with Crippen LogP contribution < -0.4 is 0 Å². The minimum absolute atomic E-state index is 0.194. The van der Waals surface area contributed by atoms with Gasteiger partial charge < -0.3 is 4.74 Å². The SMILES string of the molecule is CCN(Cc1cccc(F)c1Br)CC1CCCO1. The van der Waals surface area contributed by atoms with Gasteiger partial charge in [-0.2, -0.15) is 0 Å². The Hall–Kier alpha value is -0.450. The minimum atomic E-state index is -0.194. The summed E-state index contributed by atoms with van der Waals surface area (Å²) in [6.07, 6.45) is 2.64. The van der Waals surface area contributed by atoms with Crippen molar-refractivity contribution in [2.75, 3.05) is 19.7 Å². The summed E-state index contributed by atoms with van der Waals surface area (Å²) in [5, 5.41) is 0. The predicted molar refractivity (Wildman–Crippen MR) is 74.0 cm³/mol. The Kier molecular flexibility index (Phi) is 5.15. The summed E-state index contributed by atoms with van der Waals surface area (Å²) in [7, 11) is 0. The molecule has 0 aliphatic carbocycles. The molecule has 1 atom stereocenters. The Bertz CT molecular complexity index is 393. The van der Waals surface area contributed by atoms with Crippen molar-refractivity contribution in [1.82, 2.24) is 4.90 Å². The van der Waals surface area contributed by atoms with Crippen LogP contribution in [0, 0.1) is 5.82 Å². The fourth-order valence-electron chi connectivity index (χ4n) is 2.29. The highest BCUT2D eigenvalue weighted by Gasteiger charge is 2.19. The topological polar surface area (TPSA) is 12.5 Å². The second kappa shape index (κ2) is 6.64. The Balaban J connectivity index is 1.98. The molecule has 0 radical (unpaired) electrons. The van der Waals surface area contributed by atoms with Crippen LogP contribution in [0.15, 0.2) is 22.7 Å². The van der Waals surface area contributed by atoms with Gasteiger partial charge in [0.2, 0.25) is 0 Å². The largest absolute Gasteiger partial charge is 0.377 e. The molecule has 1 aliphatic rings. The molecule has 100 valence electrons. The zero-order chi connectivity index (χ0) is 13.0. The molecule has 0 amide bonds. The number of halogens is 2. The van der Waals surface area contributed by atoms with Gasteiger partial charge >= 0.3 is 0 Å². The minimum Gasteiger partial charge on any atom is -0.377 e. The van der Waals surface area contributed by atoms with Crippen molar-refractivity contribution in [2.24, 2.45) is 0 Å². The Labute approximate surface area is 116 Å². The van der Waals surface area contributed by atoms with Crippen LogP contribution in [0.25, 0.3) is 0 Å². The predicted octanol–water partition coefficient (Wildman–Crippen LogP) is 3.59. The molecule has 1 unspecified atom stereocenters. The van der Waals surface area contributed by atoms with E-state index in [4.69, 9.17) is 4.74 Å². The van der Waals surface area contributed by atoms with Gasteiger partial charge in [0.15, 0.2) is 0 Å². The van der Waals surface area contributed by atoms with E-state index < -0.39 is 0 Å². The zero-order valence-corrected chi connectivity index (χ0v) is 12.2. The van der Waals surface area contributed by atoms with E-state index in [1.54, 1.807) is 6.07 Å². The molecule has 18 heavy (non-hydrogen) atoms. The zero-order valence-electron chi connectivity index (χ0n) is 10.7. The molecule has 1 saturated heterocycles. The summed E-state index contributed by atoms with van der Waals surface area (Å²) < 4.78 is 19.7. The number of hydrogen-bond acceptors (Lipinski definition) is 2. The maximum absolute atomic E-state index is 13.4. The standard InChI is InChI=1S/C14H19BrFNO/c1-2-17(10-12-6-4-8-18-12)9-11-5-3-7-13(16)14(11)15/h3,5,7,12H,2,4,6,8-10H2,1H3. The number of rotatable bonds is 5. The molecule has 1 aromatic carbocycles. The highest BCUT2D eigenvalue weighted by atomic mass is 79.9. The number of likely N-dealkylation sites (N-methyl/N-ethyl adjacent to an activating group) is 1. The molecule has 0 N–H and O–H groups in total. The Morgan fingerprint density at radius 2 is 2.33 bits per heavy atom.